The summed E-state index contributed by atoms with van der Waals surface area (Å²) in [7, 11) is 1.80. The van der Waals surface area contributed by atoms with E-state index in [0.717, 1.165) is 64.7 Å². The molecule has 0 aliphatic carbocycles. The van der Waals surface area contributed by atoms with E-state index in [0.29, 0.717) is 5.92 Å². The maximum atomic E-state index is 5.77. The zero-order valence-corrected chi connectivity index (χ0v) is 17.8. The molecule has 0 amide bonds. The van der Waals surface area contributed by atoms with Crippen LogP contribution in [0.1, 0.15) is 29.7 Å². The molecule has 0 aromatic carbocycles. The molecule has 2 N–H and O–H groups in total. The number of nitrogens with zero attached hydrogens (tertiary/aromatic N) is 1. The lowest BCUT2D eigenvalue weighted by molar-refractivity contribution is 0.0203. The molecule has 0 radical (unpaired) electrons. The Bertz CT molecular complexity index is 476. The van der Waals surface area contributed by atoms with E-state index in [1.165, 1.54) is 10.4 Å². The summed E-state index contributed by atoms with van der Waals surface area (Å²) in [5, 5.41) is 8.81. The average molecular weight is 467 g/mol. The molecule has 24 heavy (non-hydrogen) atoms. The second-order valence-electron chi connectivity index (χ2n) is 5.86. The van der Waals surface area contributed by atoms with Gasteiger partial charge in [0.05, 0.1) is 6.54 Å². The standard InChI is InChI=1S/C17H29N3O2S.HI/c1-14-6-11-23-16(14)12-20-17(18-2)19-7-3-8-22-13-15-4-9-21-10-5-15;/h6,11,15H,3-5,7-10,12-13H2,1-2H3,(H2,18,19,20);1H. The minimum absolute atomic E-state index is 0. The first-order valence-electron chi connectivity index (χ1n) is 8.42. The third-order valence-corrected chi connectivity index (χ3v) is 5.08. The summed E-state index contributed by atoms with van der Waals surface area (Å²) in [5.41, 5.74) is 1.33. The van der Waals surface area contributed by atoms with E-state index < -0.39 is 0 Å². The maximum absolute atomic E-state index is 5.77. The van der Waals surface area contributed by atoms with Crippen molar-refractivity contribution in [2.45, 2.75) is 32.7 Å². The van der Waals surface area contributed by atoms with Gasteiger partial charge in [0, 0.05) is 44.9 Å². The van der Waals surface area contributed by atoms with Crippen molar-refractivity contribution in [2.24, 2.45) is 10.9 Å². The fourth-order valence-corrected chi connectivity index (χ4v) is 3.36. The minimum atomic E-state index is 0. The van der Waals surface area contributed by atoms with Gasteiger partial charge in [-0.2, -0.15) is 0 Å². The van der Waals surface area contributed by atoms with Crippen molar-refractivity contribution in [3.63, 3.8) is 0 Å². The molecule has 0 spiro atoms. The third kappa shape index (κ3) is 8.13. The zero-order valence-electron chi connectivity index (χ0n) is 14.7. The summed E-state index contributed by atoms with van der Waals surface area (Å²) < 4.78 is 11.1. The van der Waals surface area contributed by atoms with Gasteiger partial charge in [-0.05, 0) is 49.1 Å². The molecule has 1 saturated heterocycles. The number of ether oxygens (including phenoxy) is 2. The van der Waals surface area contributed by atoms with Crippen molar-refractivity contribution in [1.29, 1.82) is 0 Å². The molecular formula is C17H30IN3O2S. The molecule has 1 aliphatic heterocycles. The van der Waals surface area contributed by atoms with Gasteiger partial charge < -0.3 is 20.1 Å². The smallest absolute Gasteiger partial charge is 0.191 e. The van der Waals surface area contributed by atoms with Gasteiger partial charge in [-0.15, -0.1) is 35.3 Å². The Kier molecular flexibility index (Phi) is 11.7. The topological polar surface area (TPSA) is 54.9 Å². The van der Waals surface area contributed by atoms with Crippen molar-refractivity contribution < 1.29 is 9.47 Å². The molecule has 2 heterocycles. The number of guanidine groups is 1. The lowest BCUT2D eigenvalue weighted by Crippen LogP contribution is -2.37. The Balaban J connectivity index is 0.00000288. The van der Waals surface area contributed by atoms with Crippen LogP contribution in [0.25, 0.3) is 0 Å². The molecule has 138 valence electrons. The van der Waals surface area contributed by atoms with Crippen molar-refractivity contribution in [1.82, 2.24) is 10.6 Å². The highest BCUT2D eigenvalue weighted by Crippen LogP contribution is 2.15. The number of rotatable bonds is 8. The highest BCUT2D eigenvalue weighted by molar-refractivity contribution is 14.0. The number of hydrogen-bond donors (Lipinski definition) is 2. The molecule has 7 heteroatoms. The van der Waals surface area contributed by atoms with Gasteiger partial charge in [-0.25, -0.2) is 0 Å². The Morgan fingerprint density at radius 3 is 2.83 bits per heavy atom. The molecule has 0 unspecified atom stereocenters. The number of thiophene rings is 1. The Morgan fingerprint density at radius 1 is 1.38 bits per heavy atom. The lowest BCUT2D eigenvalue weighted by Gasteiger charge is -2.21. The molecule has 1 aromatic rings. The molecule has 0 saturated carbocycles. The Hall–Kier alpha value is -0.380. The first kappa shape index (κ1) is 21.7. The second-order valence-corrected chi connectivity index (χ2v) is 6.86. The van der Waals surface area contributed by atoms with E-state index in [4.69, 9.17) is 9.47 Å². The van der Waals surface area contributed by atoms with Crippen LogP contribution in [-0.2, 0) is 16.0 Å². The van der Waals surface area contributed by atoms with Crippen molar-refractivity contribution in [3.05, 3.63) is 21.9 Å². The van der Waals surface area contributed by atoms with Crippen molar-refractivity contribution in [3.8, 4) is 0 Å². The van der Waals surface area contributed by atoms with Crippen LogP contribution in [0.2, 0.25) is 0 Å². The summed E-state index contributed by atoms with van der Waals surface area (Å²) in [6.45, 7) is 7.28. The van der Waals surface area contributed by atoms with Crippen LogP contribution in [0.5, 0.6) is 0 Å². The highest BCUT2D eigenvalue weighted by Gasteiger charge is 2.13. The summed E-state index contributed by atoms with van der Waals surface area (Å²) >= 11 is 1.78. The fraction of sp³-hybridized carbons (Fsp3) is 0.706. The predicted octanol–water partition coefficient (Wildman–Crippen LogP) is 3.17. The van der Waals surface area contributed by atoms with Gasteiger partial charge in [-0.1, -0.05) is 0 Å². The van der Waals surface area contributed by atoms with E-state index in [1.54, 1.807) is 18.4 Å². The van der Waals surface area contributed by atoms with Crippen LogP contribution in [0.4, 0.5) is 0 Å². The summed E-state index contributed by atoms with van der Waals surface area (Å²) in [6.07, 6.45) is 3.26. The van der Waals surface area contributed by atoms with Gasteiger partial charge >= 0.3 is 0 Å². The van der Waals surface area contributed by atoms with Crippen LogP contribution in [0.15, 0.2) is 16.4 Å². The fourth-order valence-electron chi connectivity index (χ4n) is 2.51. The maximum Gasteiger partial charge on any atom is 0.191 e. The van der Waals surface area contributed by atoms with Gasteiger partial charge in [0.1, 0.15) is 0 Å². The van der Waals surface area contributed by atoms with Gasteiger partial charge in [0.15, 0.2) is 5.96 Å². The average Bonchev–Trinajstić information content (AvgIpc) is 2.99. The lowest BCUT2D eigenvalue weighted by atomic mass is 10.0. The van der Waals surface area contributed by atoms with Crippen LogP contribution in [0, 0.1) is 12.8 Å². The van der Waals surface area contributed by atoms with E-state index >= 15 is 0 Å². The van der Waals surface area contributed by atoms with Gasteiger partial charge in [0.25, 0.3) is 0 Å². The molecule has 2 rings (SSSR count). The van der Waals surface area contributed by atoms with E-state index in [-0.39, 0.29) is 24.0 Å². The summed E-state index contributed by atoms with van der Waals surface area (Å²) in [6, 6.07) is 2.15. The molecule has 1 fully saturated rings. The number of aryl methyl sites for hydroxylation is 1. The largest absolute Gasteiger partial charge is 0.381 e. The molecular weight excluding hydrogens is 437 g/mol. The zero-order chi connectivity index (χ0) is 16.3. The number of halogens is 1. The molecule has 0 bridgehead atoms. The van der Waals surface area contributed by atoms with Crippen molar-refractivity contribution in [2.75, 3.05) is 40.0 Å². The molecule has 1 aliphatic rings. The quantitative estimate of drug-likeness (QED) is 0.267. The predicted molar refractivity (Wildman–Crippen MR) is 112 cm³/mol. The first-order chi connectivity index (χ1) is 11.3. The number of hydrogen-bond acceptors (Lipinski definition) is 4. The summed E-state index contributed by atoms with van der Waals surface area (Å²) in [4.78, 5) is 5.61. The normalized spacial score (nSPS) is 15.8. The monoisotopic (exact) mass is 467 g/mol. The molecule has 0 atom stereocenters. The van der Waals surface area contributed by atoms with Crippen LogP contribution >= 0.6 is 35.3 Å². The third-order valence-electron chi connectivity index (χ3n) is 4.06. The SMILES string of the molecule is CN=C(NCCCOCC1CCOCC1)NCc1sccc1C.I. The second kappa shape index (κ2) is 12.9. The van der Waals surface area contributed by atoms with Gasteiger partial charge in [-0.3, -0.25) is 4.99 Å². The Morgan fingerprint density at radius 2 is 2.17 bits per heavy atom. The van der Waals surface area contributed by atoms with Crippen LogP contribution < -0.4 is 10.6 Å². The molecule has 5 nitrogen and oxygen atoms in total. The highest BCUT2D eigenvalue weighted by atomic mass is 127. The van der Waals surface area contributed by atoms with Crippen LogP contribution in [0.3, 0.4) is 0 Å². The number of aliphatic imine (C=N–C) groups is 1. The van der Waals surface area contributed by atoms with E-state index in [9.17, 15) is 0 Å². The van der Waals surface area contributed by atoms with Crippen LogP contribution in [-0.4, -0.2) is 46.0 Å². The number of nitrogens with one attached hydrogen (secondary N) is 2. The minimum Gasteiger partial charge on any atom is -0.381 e. The first-order valence-corrected chi connectivity index (χ1v) is 9.30. The van der Waals surface area contributed by atoms with E-state index in [2.05, 4.69) is 34.0 Å². The molecule has 1 aromatic heterocycles. The Labute approximate surface area is 166 Å². The summed E-state index contributed by atoms with van der Waals surface area (Å²) in [5.74, 6) is 1.53. The van der Waals surface area contributed by atoms with E-state index in [1.807, 2.05) is 0 Å². The van der Waals surface area contributed by atoms with Crippen molar-refractivity contribution >= 4 is 41.3 Å². The van der Waals surface area contributed by atoms with Gasteiger partial charge in [0.2, 0.25) is 0 Å².